The molecule has 1 aliphatic rings. The summed E-state index contributed by atoms with van der Waals surface area (Å²) in [4.78, 5) is 30.4. The van der Waals surface area contributed by atoms with Crippen LogP contribution in [0.1, 0.15) is 43.2 Å². The monoisotopic (exact) mass is 707 g/mol. The van der Waals surface area contributed by atoms with E-state index < -0.39 is 28.5 Å². The van der Waals surface area contributed by atoms with Crippen LogP contribution in [0.15, 0.2) is 108 Å². The van der Waals surface area contributed by atoms with E-state index in [1.165, 1.54) is 30.2 Å². The number of carbonyl (C=O) groups is 2. The summed E-state index contributed by atoms with van der Waals surface area (Å²) >= 11 is 13.0. The first-order valence-electron chi connectivity index (χ1n) is 16.0. The van der Waals surface area contributed by atoms with E-state index in [0.29, 0.717) is 10.6 Å². The summed E-state index contributed by atoms with van der Waals surface area (Å²) in [5.74, 6) is -0.694. The van der Waals surface area contributed by atoms with Gasteiger partial charge in [0.25, 0.3) is 10.0 Å². The van der Waals surface area contributed by atoms with Crippen molar-refractivity contribution in [3.8, 4) is 5.75 Å². The van der Waals surface area contributed by atoms with Gasteiger partial charge in [0.1, 0.15) is 18.3 Å². The largest absolute Gasteiger partial charge is 0.495 e. The molecule has 4 aromatic rings. The minimum absolute atomic E-state index is 0.00697. The summed E-state index contributed by atoms with van der Waals surface area (Å²) in [5.41, 5.74) is 1.56. The van der Waals surface area contributed by atoms with Gasteiger partial charge in [-0.05, 0) is 60.4 Å². The van der Waals surface area contributed by atoms with E-state index in [9.17, 15) is 18.0 Å². The second kappa shape index (κ2) is 16.4. The maximum absolute atomic E-state index is 14.8. The lowest BCUT2D eigenvalue weighted by atomic mass is 9.94. The summed E-state index contributed by atoms with van der Waals surface area (Å²) in [6, 6.07) is 28.0. The number of nitrogens with one attached hydrogen (secondary N) is 1. The summed E-state index contributed by atoms with van der Waals surface area (Å²) in [7, 11) is -2.91. The normalized spacial score (nSPS) is 14.1. The summed E-state index contributed by atoms with van der Waals surface area (Å²) in [5, 5.41) is 3.89. The second-order valence-corrected chi connectivity index (χ2v) is 14.5. The van der Waals surface area contributed by atoms with E-state index >= 15 is 0 Å². The molecule has 0 unspecified atom stereocenters. The highest BCUT2D eigenvalue weighted by Crippen LogP contribution is 2.35. The van der Waals surface area contributed by atoms with Crippen molar-refractivity contribution in [3.63, 3.8) is 0 Å². The highest BCUT2D eigenvalue weighted by atomic mass is 35.5. The predicted molar refractivity (Wildman–Crippen MR) is 190 cm³/mol. The average Bonchev–Trinajstić information content (AvgIpc) is 3.10. The number of amides is 2. The number of ether oxygens (including phenoxy) is 1. The van der Waals surface area contributed by atoms with Gasteiger partial charge >= 0.3 is 0 Å². The van der Waals surface area contributed by atoms with Gasteiger partial charge in [-0.1, -0.05) is 109 Å². The fourth-order valence-electron chi connectivity index (χ4n) is 6.00. The van der Waals surface area contributed by atoms with Crippen molar-refractivity contribution in [2.45, 2.75) is 62.0 Å². The fourth-order valence-corrected chi connectivity index (χ4v) is 7.80. The number of methoxy groups -OCH3 is 1. The van der Waals surface area contributed by atoms with Crippen LogP contribution in [0.25, 0.3) is 0 Å². The molecular weight excluding hydrogens is 669 g/mol. The Morgan fingerprint density at radius 3 is 2.19 bits per heavy atom. The lowest BCUT2D eigenvalue weighted by molar-refractivity contribution is -0.140. The van der Waals surface area contributed by atoms with Crippen LogP contribution in [0.5, 0.6) is 5.75 Å². The van der Waals surface area contributed by atoms with Gasteiger partial charge in [-0.3, -0.25) is 13.9 Å². The van der Waals surface area contributed by atoms with E-state index in [2.05, 4.69) is 5.32 Å². The van der Waals surface area contributed by atoms with Crippen LogP contribution in [0.3, 0.4) is 0 Å². The Bertz CT molecular complexity index is 1800. The van der Waals surface area contributed by atoms with Crippen LogP contribution in [0.4, 0.5) is 5.69 Å². The molecular formula is C37H39Cl2N3O5S. The van der Waals surface area contributed by atoms with Crippen LogP contribution in [0.2, 0.25) is 10.0 Å². The maximum Gasteiger partial charge on any atom is 0.264 e. The molecule has 1 saturated carbocycles. The zero-order valence-electron chi connectivity index (χ0n) is 26.7. The van der Waals surface area contributed by atoms with Crippen molar-refractivity contribution >= 4 is 50.7 Å². The van der Waals surface area contributed by atoms with Crippen LogP contribution < -0.4 is 14.4 Å². The summed E-state index contributed by atoms with van der Waals surface area (Å²) in [6.07, 6.45) is 5.09. The minimum atomic E-state index is -4.32. The predicted octanol–water partition coefficient (Wildman–Crippen LogP) is 7.29. The van der Waals surface area contributed by atoms with Gasteiger partial charge in [0, 0.05) is 29.1 Å². The van der Waals surface area contributed by atoms with E-state index in [1.54, 1.807) is 54.6 Å². The van der Waals surface area contributed by atoms with Gasteiger partial charge in [0.2, 0.25) is 11.8 Å². The summed E-state index contributed by atoms with van der Waals surface area (Å²) in [6.45, 7) is -0.666. The van der Waals surface area contributed by atoms with Crippen molar-refractivity contribution in [2.75, 3.05) is 18.0 Å². The number of nitrogens with zero attached hydrogens (tertiary/aromatic N) is 2. The third kappa shape index (κ3) is 8.69. The first-order valence-corrected chi connectivity index (χ1v) is 18.2. The third-order valence-corrected chi connectivity index (χ3v) is 10.9. The molecule has 0 aromatic heterocycles. The maximum atomic E-state index is 14.8. The SMILES string of the molecule is COc1ccc(Cl)cc1N(CC(=O)N(Cc1ccccc1Cl)[C@H](Cc1ccccc1)C(=O)NC1CCCCC1)S(=O)(=O)c1ccccc1. The van der Waals surface area contributed by atoms with Crippen LogP contribution in [-0.2, 0) is 32.6 Å². The molecule has 0 radical (unpaired) electrons. The zero-order valence-corrected chi connectivity index (χ0v) is 29.1. The number of hydrogen-bond donors (Lipinski definition) is 1. The van der Waals surface area contributed by atoms with Crippen molar-refractivity contribution in [1.82, 2.24) is 10.2 Å². The molecule has 1 atom stereocenters. The molecule has 0 aliphatic heterocycles. The molecule has 8 nitrogen and oxygen atoms in total. The molecule has 0 bridgehead atoms. The smallest absolute Gasteiger partial charge is 0.264 e. The lowest BCUT2D eigenvalue weighted by Gasteiger charge is -2.35. The number of hydrogen-bond acceptors (Lipinski definition) is 5. The Hall–Kier alpha value is -4.05. The fraction of sp³-hybridized carbons (Fsp3) is 0.297. The van der Waals surface area contributed by atoms with Crippen LogP contribution in [0, 0.1) is 0 Å². The Morgan fingerprint density at radius 2 is 1.52 bits per heavy atom. The standard InChI is InChI=1S/C37H39Cl2N3O5S/c1-47-35-22-21-29(38)24-33(35)42(48(45,46)31-18-9-4-10-19-31)26-36(43)41(25-28-15-11-12-20-32(28)39)34(23-27-13-5-2-6-14-27)37(44)40-30-16-7-3-8-17-30/h2,4-6,9-15,18-22,24,30,34H,3,7-8,16-17,23,25-26H2,1H3,(H,40,44)/t34-/m1/s1. The first kappa shape index (κ1) is 35.3. The average molecular weight is 709 g/mol. The highest BCUT2D eigenvalue weighted by Gasteiger charge is 2.36. The third-order valence-electron chi connectivity index (χ3n) is 8.54. The molecule has 1 fully saturated rings. The first-order chi connectivity index (χ1) is 23.2. The number of anilines is 1. The number of benzene rings is 4. The lowest BCUT2D eigenvalue weighted by Crippen LogP contribution is -2.55. The van der Waals surface area contributed by atoms with E-state index in [-0.39, 0.29) is 46.3 Å². The molecule has 1 aliphatic carbocycles. The molecule has 48 heavy (non-hydrogen) atoms. The molecule has 252 valence electrons. The van der Waals surface area contributed by atoms with Gasteiger partial charge in [-0.2, -0.15) is 0 Å². The quantitative estimate of drug-likeness (QED) is 0.158. The second-order valence-electron chi connectivity index (χ2n) is 11.8. The number of halogens is 2. The molecule has 1 N–H and O–H groups in total. The van der Waals surface area contributed by atoms with Gasteiger partial charge < -0.3 is 15.0 Å². The Morgan fingerprint density at radius 1 is 0.875 bits per heavy atom. The molecule has 11 heteroatoms. The molecule has 0 heterocycles. The molecule has 4 aromatic carbocycles. The number of carbonyl (C=O) groups excluding carboxylic acids is 2. The van der Waals surface area contributed by atoms with Crippen molar-refractivity contribution < 1.29 is 22.7 Å². The summed E-state index contributed by atoms with van der Waals surface area (Å²) < 4.78 is 35.1. The van der Waals surface area contributed by atoms with Gasteiger partial charge in [-0.15, -0.1) is 0 Å². The van der Waals surface area contributed by atoms with E-state index in [0.717, 1.165) is 42.0 Å². The van der Waals surface area contributed by atoms with Crippen LogP contribution >= 0.6 is 23.2 Å². The molecule has 0 saturated heterocycles. The highest BCUT2D eigenvalue weighted by molar-refractivity contribution is 7.92. The van der Waals surface area contributed by atoms with Crippen molar-refractivity contribution in [2.24, 2.45) is 0 Å². The van der Waals surface area contributed by atoms with E-state index in [1.807, 2.05) is 30.3 Å². The number of rotatable bonds is 13. The Kier molecular flexibility index (Phi) is 12.0. The molecule has 5 rings (SSSR count). The Balaban J connectivity index is 1.60. The van der Waals surface area contributed by atoms with Crippen LogP contribution in [-0.4, -0.2) is 50.9 Å². The van der Waals surface area contributed by atoms with Gasteiger partial charge in [0.05, 0.1) is 17.7 Å². The topological polar surface area (TPSA) is 96.0 Å². The van der Waals surface area contributed by atoms with Crippen molar-refractivity contribution in [3.05, 3.63) is 124 Å². The van der Waals surface area contributed by atoms with Crippen molar-refractivity contribution in [1.29, 1.82) is 0 Å². The molecule has 2 amide bonds. The Labute approximate surface area is 292 Å². The minimum Gasteiger partial charge on any atom is -0.495 e. The number of sulfonamides is 1. The van der Waals surface area contributed by atoms with Gasteiger partial charge in [-0.25, -0.2) is 8.42 Å². The van der Waals surface area contributed by atoms with E-state index in [4.69, 9.17) is 27.9 Å². The van der Waals surface area contributed by atoms with Gasteiger partial charge in [0.15, 0.2) is 0 Å². The zero-order chi connectivity index (χ0) is 34.1. The molecule has 0 spiro atoms.